The zero-order valence-electron chi connectivity index (χ0n) is 11.0. The zero-order chi connectivity index (χ0) is 15.4. The molecule has 6 nitrogen and oxygen atoms in total. The predicted octanol–water partition coefficient (Wildman–Crippen LogP) is 1.55. The van der Waals surface area contributed by atoms with Crippen molar-refractivity contribution in [2.75, 3.05) is 6.54 Å². The molecule has 3 rings (SSSR count). The molecule has 21 heavy (non-hydrogen) atoms. The molecule has 0 bridgehead atoms. The van der Waals surface area contributed by atoms with Gasteiger partial charge in [-0.1, -0.05) is 23.2 Å². The van der Waals surface area contributed by atoms with Crippen molar-refractivity contribution in [2.24, 2.45) is 0 Å². The summed E-state index contributed by atoms with van der Waals surface area (Å²) in [7, 11) is 0. The molecule has 1 aromatic carbocycles. The van der Waals surface area contributed by atoms with Crippen LogP contribution in [0.5, 0.6) is 0 Å². The number of hydrogen-bond acceptors (Lipinski definition) is 3. The second-order valence-corrected chi connectivity index (χ2v) is 6.14. The predicted molar refractivity (Wildman–Crippen MR) is 76.3 cm³/mol. The Bertz CT molecular complexity index is 691. The van der Waals surface area contributed by atoms with E-state index in [2.05, 4.69) is 10.6 Å². The first-order chi connectivity index (χ1) is 9.80. The summed E-state index contributed by atoms with van der Waals surface area (Å²) in [5.41, 5.74) is 0.0861. The Morgan fingerprint density at radius 2 is 1.90 bits per heavy atom. The molecule has 2 aliphatic rings. The van der Waals surface area contributed by atoms with Gasteiger partial charge >= 0.3 is 6.03 Å². The average molecular weight is 328 g/mol. The van der Waals surface area contributed by atoms with E-state index in [4.69, 9.17) is 23.2 Å². The van der Waals surface area contributed by atoms with Crippen LogP contribution in [0.2, 0.25) is 10.0 Å². The van der Waals surface area contributed by atoms with Gasteiger partial charge in [0.25, 0.3) is 11.8 Å². The normalized spacial score (nSPS) is 24.1. The molecule has 110 valence electrons. The summed E-state index contributed by atoms with van der Waals surface area (Å²) in [6, 6.07) is 2.61. The molecule has 8 heteroatoms. The van der Waals surface area contributed by atoms with Crippen LogP contribution >= 0.6 is 23.2 Å². The van der Waals surface area contributed by atoms with Crippen LogP contribution in [0.3, 0.4) is 0 Å². The highest BCUT2D eigenvalue weighted by Gasteiger charge is 2.45. The van der Waals surface area contributed by atoms with E-state index < -0.39 is 17.5 Å². The standard InChI is InChI=1S/C13H11Cl2N3O3/c1-13(11(20)16-12(21)17-13)5-18-4-6-2-8(14)9(15)3-7(6)10(18)19/h2-3H,4-5H2,1H3,(H2,16,17,20,21). The average Bonchev–Trinajstić information content (AvgIpc) is 2.80. The van der Waals surface area contributed by atoms with Crippen LogP contribution in [-0.4, -0.2) is 34.8 Å². The van der Waals surface area contributed by atoms with Gasteiger partial charge in [0.1, 0.15) is 5.54 Å². The Labute approximate surface area is 130 Å². The molecule has 0 saturated carbocycles. The largest absolute Gasteiger partial charge is 0.331 e. The number of carbonyl (C=O) groups is 3. The van der Waals surface area contributed by atoms with Gasteiger partial charge in [0.15, 0.2) is 0 Å². The van der Waals surface area contributed by atoms with Gasteiger partial charge in [-0.2, -0.15) is 0 Å². The molecule has 2 aliphatic heterocycles. The quantitative estimate of drug-likeness (QED) is 0.809. The molecule has 0 aliphatic carbocycles. The van der Waals surface area contributed by atoms with Gasteiger partial charge in [-0.25, -0.2) is 4.79 Å². The summed E-state index contributed by atoms with van der Waals surface area (Å²) >= 11 is 11.9. The molecular formula is C13H11Cl2N3O3. The SMILES string of the molecule is CC1(CN2Cc3cc(Cl)c(Cl)cc3C2=O)NC(=O)NC1=O. The number of imide groups is 1. The third-order valence-corrected chi connectivity index (χ3v) is 4.37. The van der Waals surface area contributed by atoms with Gasteiger partial charge in [0, 0.05) is 12.1 Å². The van der Waals surface area contributed by atoms with Crippen molar-refractivity contribution in [3.8, 4) is 0 Å². The van der Waals surface area contributed by atoms with Crippen molar-refractivity contribution < 1.29 is 14.4 Å². The summed E-state index contributed by atoms with van der Waals surface area (Å²) in [5, 5.41) is 5.38. The molecule has 1 fully saturated rings. The molecular weight excluding hydrogens is 317 g/mol. The van der Waals surface area contributed by atoms with Crippen LogP contribution in [0.15, 0.2) is 12.1 Å². The highest BCUT2D eigenvalue weighted by molar-refractivity contribution is 6.42. The molecule has 1 unspecified atom stereocenters. The Kier molecular flexibility index (Phi) is 3.11. The minimum absolute atomic E-state index is 0.0767. The minimum Gasteiger partial charge on any atom is -0.331 e. The smallest absolute Gasteiger partial charge is 0.322 e. The van der Waals surface area contributed by atoms with Gasteiger partial charge in [-0.15, -0.1) is 0 Å². The number of carbonyl (C=O) groups excluding carboxylic acids is 3. The maximum absolute atomic E-state index is 12.4. The monoisotopic (exact) mass is 327 g/mol. The lowest BCUT2D eigenvalue weighted by Crippen LogP contribution is -2.52. The summed E-state index contributed by atoms with van der Waals surface area (Å²) in [5.74, 6) is -0.689. The lowest BCUT2D eigenvalue weighted by molar-refractivity contribution is -0.123. The van der Waals surface area contributed by atoms with E-state index in [0.717, 1.165) is 5.56 Å². The summed E-state index contributed by atoms with van der Waals surface area (Å²) in [6.45, 7) is 1.97. The van der Waals surface area contributed by atoms with E-state index >= 15 is 0 Å². The van der Waals surface area contributed by atoms with Gasteiger partial charge < -0.3 is 10.2 Å². The number of hydrogen-bond donors (Lipinski definition) is 2. The Balaban J connectivity index is 1.85. The number of rotatable bonds is 2. The lowest BCUT2D eigenvalue weighted by Gasteiger charge is -2.26. The molecule has 2 heterocycles. The third kappa shape index (κ3) is 2.24. The van der Waals surface area contributed by atoms with Crippen molar-refractivity contribution in [1.82, 2.24) is 15.5 Å². The van der Waals surface area contributed by atoms with E-state index in [0.29, 0.717) is 22.2 Å². The first-order valence-corrected chi connectivity index (χ1v) is 6.96. The summed E-state index contributed by atoms with van der Waals surface area (Å²) in [6.07, 6.45) is 0. The van der Waals surface area contributed by atoms with Crippen molar-refractivity contribution in [1.29, 1.82) is 0 Å². The minimum atomic E-state index is -1.14. The van der Waals surface area contributed by atoms with E-state index in [1.807, 2.05) is 0 Å². The Hall–Kier alpha value is -1.79. The van der Waals surface area contributed by atoms with E-state index in [-0.39, 0.29) is 12.5 Å². The topological polar surface area (TPSA) is 78.5 Å². The number of urea groups is 1. The van der Waals surface area contributed by atoms with Crippen molar-refractivity contribution in [2.45, 2.75) is 19.0 Å². The maximum Gasteiger partial charge on any atom is 0.322 e. The number of nitrogens with zero attached hydrogens (tertiary/aromatic N) is 1. The summed E-state index contributed by atoms with van der Waals surface area (Å²) in [4.78, 5) is 36.9. The second kappa shape index (κ2) is 4.61. The number of halogens is 2. The maximum atomic E-state index is 12.4. The second-order valence-electron chi connectivity index (χ2n) is 5.33. The molecule has 4 amide bonds. The van der Waals surface area contributed by atoms with Gasteiger partial charge in [-0.05, 0) is 24.6 Å². The van der Waals surface area contributed by atoms with Crippen LogP contribution in [0, 0.1) is 0 Å². The van der Waals surface area contributed by atoms with Crippen LogP contribution in [0.4, 0.5) is 4.79 Å². The van der Waals surface area contributed by atoms with Crippen LogP contribution in [0.25, 0.3) is 0 Å². The highest BCUT2D eigenvalue weighted by atomic mass is 35.5. The fourth-order valence-electron chi connectivity index (χ4n) is 2.57. The zero-order valence-corrected chi connectivity index (χ0v) is 12.5. The molecule has 2 N–H and O–H groups in total. The van der Waals surface area contributed by atoms with Gasteiger partial charge in [-0.3, -0.25) is 14.9 Å². The molecule has 1 atom stereocenters. The molecule has 0 aromatic heterocycles. The number of amides is 4. The number of fused-ring (bicyclic) bond motifs is 1. The van der Waals surface area contributed by atoms with Crippen molar-refractivity contribution in [3.63, 3.8) is 0 Å². The van der Waals surface area contributed by atoms with E-state index in [9.17, 15) is 14.4 Å². The molecule has 1 saturated heterocycles. The van der Waals surface area contributed by atoms with Crippen LogP contribution < -0.4 is 10.6 Å². The molecule has 0 spiro atoms. The van der Waals surface area contributed by atoms with E-state index in [1.165, 1.54) is 11.0 Å². The van der Waals surface area contributed by atoms with Gasteiger partial charge in [0.05, 0.1) is 16.6 Å². The fraction of sp³-hybridized carbons (Fsp3) is 0.308. The van der Waals surface area contributed by atoms with Crippen LogP contribution in [0.1, 0.15) is 22.8 Å². The number of nitrogens with one attached hydrogen (secondary N) is 2. The Morgan fingerprint density at radius 1 is 1.24 bits per heavy atom. The highest BCUT2D eigenvalue weighted by Crippen LogP contribution is 2.32. The first-order valence-electron chi connectivity index (χ1n) is 6.21. The van der Waals surface area contributed by atoms with E-state index in [1.54, 1.807) is 13.0 Å². The van der Waals surface area contributed by atoms with Crippen LogP contribution in [-0.2, 0) is 11.3 Å². The third-order valence-electron chi connectivity index (χ3n) is 3.65. The van der Waals surface area contributed by atoms with Gasteiger partial charge in [0.2, 0.25) is 0 Å². The summed E-state index contributed by atoms with van der Waals surface area (Å²) < 4.78 is 0. The molecule has 1 aromatic rings. The fourth-order valence-corrected chi connectivity index (χ4v) is 2.92. The molecule has 0 radical (unpaired) electrons. The Morgan fingerprint density at radius 3 is 2.52 bits per heavy atom. The van der Waals surface area contributed by atoms with Crippen molar-refractivity contribution >= 4 is 41.0 Å². The lowest BCUT2D eigenvalue weighted by atomic mass is 10.0. The first kappa shape index (κ1) is 14.2. The van der Waals surface area contributed by atoms with Crippen molar-refractivity contribution in [3.05, 3.63) is 33.3 Å². The number of benzene rings is 1.